The average molecular weight is 292 g/mol. The third-order valence-electron chi connectivity index (χ3n) is 3.39. The lowest BCUT2D eigenvalue weighted by Crippen LogP contribution is -2.47. The molecule has 0 fully saturated rings. The van der Waals surface area contributed by atoms with Gasteiger partial charge >= 0.3 is 0 Å². The molecule has 0 saturated heterocycles. The molecule has 0 saturated carbocycles. The van der Waals surface area contributed by atoms with Crippen LogP contribution in [0.2, 0.25) is 0 Å². The molecule has 1 atom stereocenters. The first kappa shape index (κ1) is 18.9. The van der Waals surface area contributed by atoms with Gasteiger partial charge in [-0.3, -0.25) is 0 Å². The third kappa shape index (κ3) is 10.3. The predicted octanol–water partition coefficient (Wildman–Crippen LogP) is 1.77. The molecule has 5 heteroatoms. The molecule has 0 heterocycles. The number of hydrogen-bond donors (Lipinski definition) is 1. The molecule has 0 bridgehead atoms. The zero-order chi connectivity index (χ0) is 15.3. The summed E-state index contributed by atoms with van der Waals surface area (Å²) < 4.78 is 22.4. The molecule has 116 valence electrons. The van der Waals surface area contributed by atoms with E-state index in [2.05, 4.69) is 44.8 Å². The Balaban J connectivity index is 4.36. The van der Waals surface area contributed by atoms with Gasteiger partial charge in [0.2, 0.25) is 0 Å². The highest BCUT2D eigenvalue weighted by atomic mass is 32.2. The first-order chi connectivity index (χ1) is 8.37. The standard InChI is InChI=1S/C14H32N2O2S/c1-8-14(5,11-15-13(2,3)4)12-16(6)9-10-19(7,17)18/h15H,8-12H2,1-7H3. The first-order valence-corrected chi connectivity index (χ1v) is 9.04. The van der Waals surface area contributed by atoms with Gasteiger partial charge in [0.25, 0.3) is 0 Å². The van der Waals surface area contributed by atoms with E-state index in [1.54, 1.807) is 0 Å². The van der Waals surface area contributed by atoms with E-state index >= 15 is 0 Å². The fraction of sp³-hybridized carbons (Fsp3) is 1.00. The fourth-order valence-electron chi connectivity index (χ4n) is 1.82. The molecular formula is C14H32N2O2S. The maximum absolute atomic E-state index is 11.2. The summed E-state index contributed by atoms with van der Waals surface area (Å²) in [5, 5.41) is 3.55. The number of nitrogens with one attached hydrogen (secondary N) is 1. The summed E-state index contributed by atoms with van der Waals surface area (Å²) in [5.74, 6) is 0.232. The van der Waals surface area contributed by atoms with Crippen LogP contribution in [-0.4, -0.2) is 57.5 Å². The second-order valence-corrected chi connectivity index (χ2v) is 9.40. The summed E-state index contributed by atoms with van der Waals surface area (Å²) in [6.07, 6.45) is 2.36. The van der Waals surface area contributed by atoms with E-state index in [9.17, 15) is 8.42 Å². The van der Waals surface area contributed by atoms with Gasteiger partial charge in [-0.1, -0.05) is 13.8 Å². The molecule has 0 aliphatic heterocycles. The number of rotatable bonds is 8. The van der Waals surface area contributed by atoms with Gasteiger partial charge in [-0.15, -0.1) is 0 Å². The molecule has 0 aromatic heterocycles. The van der Waals surface area contributed by atoms with Gasteiger partial charge in [0.1, 0.15) is 9.84 Å². The van der Waals surface area contributed by atoms with E-state index in [0.29, 0.717) is 6.54 Å². The van der Waals surface area contributed by atoms with Gasteiger partial charge in [0, 0.05) is 31.4 Å². The van der Waals surface area contributed by atoms with Crippen molar-refractivity contribution in [2.75, 3.05) is 38.7 Å². The summed E-state index contributed by atoms with van der Waals surface area (Å²) in [5.41, 5.74) is 0.279. The molecule has 0 aromatic rings. The lowest BCUT2D eigenvalue weighted by molar-refractivity contribution is 0.173. The van der Waals surface area contributed by atoms with Crippen molar-refractivity contribution in [2.45, 2.75) is 46.6 Å². The van der Waals surface area contributed by atoms with Crippen LogP contribution >= 0.6 is 0 Å². The lowest BCUT2D eigenvalue weighted by atomic mass is 9.86. The fourth-order valence-corrected chi connectivity index (χ4v) is 2.47. The van der Waals surface area contributed by atoms with Crippen LogP contribution in [0.4, 0.5) is 0 Å². The predicted molar refractivity (Wildman–Crippen MR) is 83.4 cm³/mol. The molecule has 1 N–H and O–H groups in total. The average Bonchev–Trinajstić information content (AvgIpc) is 2.22. The highest BCUT2D eigenvalue weighted by molar-refractivity contribution is 7.90. The summed E-state index contributed by atoms with van der Waals surface area (Å²) in [7, 11) is -0.878. The Kier molecular flexibility index (Phi) is 7.00. The van der Waals surface area contributed by atoms with Crippen LogP contribution in [0.1, 0.15) is 41.0 Å². The normalized spacial score (nSPS) is 16.6. The minimum Gasteiger partial charge on any atom is -0.311 e. The second kappa shape index (κ2) is 7.04. The second-order valence-electron chi connectivity index (χ2n) is 7.14. The van der Waals surface area contributed by atoms with E-state index in [4.69, 9.17) is 0 Å². The van der Waals surface area contributed by atoms with Crippen molar-refractivity contribution in [3.63, 3.8) is 0 Å². The summed E-state index contributed by atoms with van der Waals surface area (Å²) >= 11 is 0. The monoisotopic (exact) mass is 292 g/mol. The largest absolute Gasteiger partial charge is 0.311 e. The maximum atomic E-state index is 11.2. The number of hydrogen-bond acceptors (Lipinski definition) is 4. The van der Waals surface area contributed by atoms with Gasteiger partial charge in [-0.05, 0) is 39.7 Å². The summed E-state index contributed by atoms with van der Waals surface area (Å²) in [4.78, 5) is 2.12. The van der Waals surface area contributed by atoms with Crippen molar-refractivity contribution in [3.05, 3.63) is 0 Å². The van der Waals surface area contributed by atoms with Gasteiger partial charge < -0.3 is 10.2 Å². The van der Waals surface area contributed by atoms with E-state index in [-0.39, 0.29) is 16.7 Å². The zero-order valence-electron chi connectivity index (χ0n) is 13.7. The molecule has 1 unspecified atom stereocenters. The molecule has 0 spiro atoms. The summed E-state index contributed by atoms with van der Waals surface area (Å²) in [6.45, 7) is 13.4. The zero-order valence-corrected chi connectivity index (χ0v) is 14.5. The van der Waals surface area contributed by atoms with E-state index in [0.717, 1.165) is 19.5 Å². The van der Waals surface area contributed by atoms with Crippen LogP contribution in [0.3, 0.4) is 0 Å². The maximum Gasteiger partial charge on any atom is 0.148 e. The van der Waals surface area contributed by atoms with Crippen molar-refractivity contribution in [3.8, 4) is 0 Å². The Labute approximate surface area is 119 Å². The first-order valence-electron chi connectivity index (χ1n) is 6.98. The lowest BCUT2D eigenvalue weighted by Gasteiger charge is -2.36. The van der Waals surface area contributed by atoms with Crippen molar-refractivity contribution in [1.82, 2.24) is 10.2 Å². The smallest absolute Gasteiger partial charge is 0.148 e. The van der Waals surface area contributed by atoms with Crippen LogP contribution in [-0.2, 0) is 9.84 Å². The number of nitrogens with zero attached hydrogens (tertiary/aromatic N) is 1. The molecule has 0 radical (unpaired) electrons. The van der Waals surface area contributed by atoms with Crippen molar-refractivity contribution >= 4 is 9.84 Å². The molecule has 0 aromatic carbocycles. The topological polar surface area (TPSA) is 49.4 Å². The van der Waals surface area contributed by atoms with E-state index < -0.39 is 9.84 Å². The Morgan fingerprint density at radius 1 is 1.16 bits per heavy atom. The van der Waals surface area contributed by atoms with Crippen molar-refractivity contribution < 1.29 is 8.42 Å². The Morgan fingerprint density at radius 3 is 2.05 bits per heavy atom. The highest BCUT2D eigenvalue weighted by Gasteiger charge is 2.26. The molecule has 0 aliphatic carbocycles. The molecular weight excluding hydrogens is 260 g/mol. The molecule has 0 aliphatic rings. The van der Waals surface area contributed by atoms with E-state index in [1.165, 1.54) is 6.26 Å². The highest BCUT2D eigenvalue weighted by Crippen LogP contribution is 2.22. The molecule has 0 amide bonds. The van der Waals surface area contributed by atoms with Gasteiger partial charge in [-0.25, -0.2) is 8.42 Å². The van der Waals surface area contributed by atoms with Crippen LogP contribution < -0.4 is 5.32 Å². The van der Waals surface area contributed by atoms with Gasteiger partial charge in [0.05, 0.1) is 5.75 Å². The summed E-state index contributed by atoms with van der Waals surface area (Å²) in [6, 6.07) is 0. The van der Waals surface area contributed by atoms with E-state index in [1.807, 2.05) is 7.05 Å². The minimum atomic E-state index is -2.87. The SMILES string of the molecule is CCC(C)(CNC(C)(C)C)CN(C)CCS(C)(=O)=O. The van der Waals surface area contributed by atoms with Crippen LogP contribution in [0, 0.1) is 5.41 Å². The van der Waals surface area contributed by atoms with Gasteiger partial charge in [-0.2, -0.15) is 0 Å². The van der Waals surface area contributed by atoms with Crippen molar-refractivity contribution in [2.24, 2.45) is 5.41 Å². The number of sulfone groups is 1. The molecule has 19 heavy (non-hydrogen) atoms. The van der Waals surface area contributed by atoms with Crippen LogP contribution in [0.25, 0.3) is 0 Å². The van der Waals surface area contributed by atoms with Crippen LogP contribution in [0.15, 0.2) is 0 Å². The quantitative estimate of drug-likeness (QED) is 0.741. The minimum absolute atomic E-state index is 0.113. The third-order valence-corrected chi connectivity index (χ3v) is 4.32. The Hall–Kier alpha value is -0.130. The Morgan fingerprint density at radius 2 is 1.68 bits per heavy atom. The van der Waals surface area contributed by atoms with Crippen LogP contribution in [0.5, 0.6) is 0 Å². The Bertz CT molecular complexity index is 360. The molecule has 4 nitrogen and oxygen atoms in total. The van der Waals surface area contributed by atoms with Crippen molar-refractivity contribution in [1.29, 1.82) is 0 Å². The van der Waals surface area contributed by atoms with Gasteiger partial charge in [0.15, 0.2) is 0 Å². The molecule has 0 rings (SSSR count).